The van der Waals surface area contributed by atoms with Gasteiger partial charge in [0.15, 0.2) is 0 Å². The molecule has 70 valence electrons. The average molecular weight is 180 g/mol. The summed E-state index contributed by atoms with van der Waals surface area (Å²) in [6.07, 6.45) is 6.05. The van der Waals surface area contributed by atoms with Gasteiger partial charge in [0, 0.05) is 11.8 Å². The molecule has 0 aliphatic carbocycles. The molecule has 13 heavy (non-hydrogen) atoms. The van der Waals surface area contributed by atoms with Crippen LogP contribution < -0.4 is 4.84 Å². The quantitative estimate of drug-likeness (QED) is 0.654. The van der Waals surface area contributed by atoms with Crippen LogP contribution in [0.1, 0.15) is 19.8 Å². The first kappa shape index (κ1) is 9.51. The molecule has 0 fully saturated rings. The zero-order chi connectivity index (χ0) is 9.68. The first-order valence-corrected chi connectivity index (χ1v) is 4.12. The molecule has 0 saturated carbocycles. The van der Waals surface area contributed by atoms with Crippen LogP contribution >= 0.6 is 0 Å². The molecule has 0 radical (unpaired) electrons. The van der Waals surface area contributed by atoms with E-state index in [1.165, 1.54) is 17.3 Å². The lowest BCUT2D eigenvalue weighted by molar-refractivity contribution is -0.139. The Morgan fingerprint density at radius 2 is 2.46 bits per heavy atom. The van der Waals surface area contributed by atoms with Gasteiger partial charge in [-0.25, -0.2) is 9.78 Å². The van der Waals surface area contributed by atoms with Crippen LogP contribution in [0.15, 0.2) is 30.9 Å². The van der Waals surface area contributed by atoms with Crippen LogP contribution in [0.2, 0.25) is 0 Å². The fourth-order valence-electron chi connectivity index (χ4n) is 0.865. The minimum absolute atomic E-state index is 0.403. The van der Waals surface area contributed by atoms with E-state index in [0.29, 0.717) is 12.0 Å². The predicted octanol–water partition coefficient (Wildman–Crippen LogP) is 1.19. The van der Waals surface area contributed by atoms with Crippen molar-refractivity contribution in [2.75, 3.05) is 0 Å². The molecule has 0 amide bonds. The molecule has 1 aromatic rings. The second kappa shape index (κ2) is 4.45. The third-order valence-corrected chi connectivity index (χ3v) is 1.51. The van der Waals surface area contributed by atoms with Gasteiger partial charge in [0.1, 0.15) is 6.33 Å². The Kier molecular flexibility index (Phi) is 3.25. The molecular weight excluding hydrogens is 168 g/mol. The topological polar surface area (TPSA) is 44.1 Å². The molecule has 0 saturated heterocycles. The molecule has 4 nitrogen and oxygen atoms in total. The molecule has 0 spiro atoms. The van der Waals surface area contributed by atoms with Crippen LogP contribution in [0.3, 0.4) is 0 Å². The largest absolute Gasteiger partial charge is 0.359 e. The first-order valence-electron chi connectivity index (χ1n) is 4.12. The summed E-state index contributed by atoms with van der Waals surface area (Å²) in [5, 5.41) is 0. The van der Waals surface area contributed by atoms with E-state index in [1.54, 1.807) is 6.20 Å². The number of carbonyl (C=O) groups is 1. The Morgan fingerprint density at radius 1 is 1.69 bits per heavy atom. The van der Waals surface area contributed by atoms with E-state index in [-0.39, 0.29) is 0 Å². The third kappa shape index (κ3) is 2.74. The fourth-order valence-corrected chi connectivity index (χ4v) is 0.865. The van der Waals surface area contributed by atoms with Gasteiger partial charge >= 0.3 is 5.97 Å². The Balaban J connectivity index is 2.46. The highest BCUT2D eigenvalue weighted by Gasteiger charge is 2.07. The summed E-state index contributed by atoms with van der Waals surface area (Å²) in [5.41, 5.74) is 0.483. The molecule has 0 aromatic carbocycles. The molecule has 1 rings (SSSR count). The summed E-state index contributed by atoms with van der Waals surface area (Å²) in [7, 11) is 0. The highest BCUT2D eigenvalue weighted by atomic mass is 16.7. The normalized spacial score (nSPS) is 9.62. The monoisotopic (exact) mass is 180 g/mol. The average Bonchev–Trinajstić information content (AvgIpc) is 2.57. The van der Waals surface area contributed by atoms with Crippen LogP contribution in [-0.4, -0.2) is 15.7 Å². The van der Waals surface area contributed by atoms with Crippen molar-refractivity contribution in [1.82, 2.24) is 9.71 Å². The maximum atomic E-state index is 11.2. The summed E-state index contributed by atoms with van der Waals surface area (Å²) in [4.78, 5) is 19.9. The standard InChI is InChI=1S/C9H12N2O2/c1-3-4-8(2)9(12)13-11-6-5-10-7-11/h5-7H,2-4H2,1H3. The van der Waals surface area contributed by atoms with E-state index >= 15 is 0 Å². The summed E-state index contributed by atoms with van der Waals surface area (Å²) in [6.45, 7) is 5.60. The molecule has 0 atom stereocenters. The minimum atomic E-state index is -0.403. The van der Waals surface area contributed by atoms with E-state index in [4.69, 9.17) is 4.84 Å². The maximum absolute atomic E-state index is 11.2. The molecule has 0 unspecified atom stereocenters. The van der Waals surface area contributed by atoms with E-state index in [1.807, 2.05) is 6.92 Å². The highest BCUT2D eigenvalue weighted by molar-refractivity contribution is 5.87. The van der Waals surface area contributed by atoms with Gasteiger partial charge in [0.05, 0.1) is 6.20 Å². The van der Waals surface area contributed by atoms with E-state index in [0.717, 1.165) is 6.42 Å². The molecule has 1 aromatic heterocycles. The number of hydrogen-bond donors (Lipinski definition) is 0. The molecule has 1 heterocycles. The number of nitrogens with zero attached hydrogens (tertiary/aromatic N) is 2. The van der Waals surface area contributed by atoms with Gasteiger partial charge in [-0.05, 0) is 6.42 Å². The fraction of sp³-hybridized carbons (Fsp3) is 0.333. The third-order valence-electron chi connectivity index (χ3n) is 1.51. The van der Waals surface area contributed by atoms with Gasteiger partial charge in [0.25, 0.3) is 0 Å². The van der Waals surface area contributed by atoms with Gasteiger partial charge in [-0.1, -0.05) is 19.9 Å². The Morgan fingerprint density at radius 3 is 3.00 bits per heavy atom. The zero-order valence-electron chi connectivity index (χ0n) is 7.56. The van der Waals surface area contributed by atoms with E-state index in [2.05, 4.69) is 11.6 Å². The lowest BCUT2D eigenvalue weighted by Gasteiger charge is -2.04. The Bertz CT molecular complexity index is 291. The lowest BCUT2D eigenvalue weighted by Crippen LogP contribution is -2.19. The summed E-state index contributed by atoms with van der Waals surface area (Å²) in [5.74, 6) is -0.403. The van der Waals surface area contributed by atoms with Crippen molar-refractivity contribution in [1.29, 1.82) is 0 Å². The molecule has 0 bridgehead atoms. The van der Waals surface area contributed by atoms with Gasteiger partial charge < -0.3 is 4.84 Å². The van der Waals surface area contributed by atoms with Crippen LogP contribution in [0, 0.1) is 0 Å². The smallest absolute Gasteiger partial charge is 0.330 e. The van der Waals surface area contributed by atoms with Crippen LogP contribution in [-0.2, 0) is 4.79 Å². The van der Waals surface area contributed by atoms with Crippen molar-refractivity contribution in [3.05, 3.63) is 30.9 Å². The van der Waals surface area contributed by atoms with E-state index < -0.39 is 5.97 Å². The highest BCUT2D eigenvalue weighted by Crippen LogP contribution is 2.02. The molecular formula is C9H12N2O2. The minimum Gasteiger partial charge on any atom is -0.330 e. The number of rotatable bonds is 4. The van der Waals surface area contributed by atoms with Crippen molar-refractivity contribution < 1.29 is 9.63 Å². The van der Waals surface area contributed by atoms with Crippen molar-refractivity contribution in [2.24, 2.45) is 0 Å². The zero-order valence-corrected chi connectivity index (χ0v) is 7.56. The second-order valence-electron chi connectivity index (χ2n) is 2.65. The van der Waals surface area contributed by atoms with Crippen LogP contribution in [0.25, 0.3) is 0 Å². The van der Waals surface area contributed by atoms with Crippen LogP contribution in [0.4, 0.5) is 0 Å². The van der Waals surface area contributed by atoms with Crippen molar-refractivity contribution in [3.8, 4) is 0 Å². The number of aromatic nitrogens is 2. The summed E-state index contributed by atoms with van der Waals surface area (Å²) >= 11 is 0. The van der Waals surface area contributed by atoms with Gasteiger partial charge in [-0.2, -0.15) is 4.73 Å². The first-order chi connectivity index (χ1) is 6.24. The van der Waals surface area contributed by atoms with E-state index in [9.17, 15) is 4.79 Å². The number of imidazole rings is 1. The van der Waals surface area contributed by atoms with Crippen molar-refractivity contribution in [3.63, 3.8) is 0 Å². The molecule has 0 aliphatic heterocycles. The number of hydrogen-bond acceptors (Lipinski definition) is 3. The van der Waals surface area contributed by atoms with Gasteiger partial charge in [-0.3, -0.25) is 0 Å². The second-order valence-corrected chi connectivity index (χ2v) is 2.65. The summed E-state index contributed by atoms with van der Waals surface area (Å²) in [6, 6.07) is 0. The lowest BCUT2D eigenvalue weighted by atomic mass is 10.2. The van der Waals surface area contributed by atoms with Crippen molar-refractivity contribution in [2.45, 2.75) is 19.8 Å². The molecule has 0 aliphatic rings. The molecule has 4 heteroatoms. The van der Waals surface area contributed by atoms with Crippen LogP contribution in [0.5, 0.6) is 0 Å². The van der Waals surface area contributed by atoms with Gasteiger partial charge in [-0.15, -0.1) is 0 Å². The van der Waals surface area contributed by atoms with Gasteiger partial charge in [0.2, 0.25) is 0 Å². The maximum Gasteiger partial charge on any atom is 0.359 e. The number of carbonyl (C=O) groups excluding carboxylic acids is 1. The predicted molar refractivity (Wildman–Crippen MR) is 47.9 cm³/mol. The SMILES string of the molecule is C=C(CCC)C(=O)On1ccnc1. The molecule has 0 N–H and O–H groups in total. The Hall–Kier alpha value is -1.58. The summed E-state index contributed by atoms with van der Waals surface area (Å²) < 4.78 is 1.25. The Labute approximate surface area is 76.8 Å². The van der Waals surface area contributed by atoms with Crippen molar-refractivity contribution >= 4 is 5.97 Å².